The predicted octanol–water partition coefficient (Wildman–Crippen LogP) is 2.50. The summed E-state index contributed by atoms with van der Waals surface area (Å²) in [5, 5.41) is 3.45. The molecular formula is C13H28N2. The minimum Gasteiger partial charge on any atom is -0.314 e. The second-order valence-electron chi connectivity index (χ2n) is 5.51. The molecule has 0 aromatic carbocycles. The summed E-state index contributed by atoms with van der Waals surface area (Å²) >= 11 is 0. The van der Waals surface area contributed by atoms with E-state index in [4.69, 9.17) is 0 Å². The normalized spacial score (nSPS) is 24.0. The molecule has 0 aromatic heterocycles. The molecule has 15 heavy (non-hydrogen) atoms. The summed E-state index contributed by atoms with van der Waals surface area (Å²) in [6, 6.07) is 0. The standard InChI is InChI=1S/C13H28N2/c1-5-6-12(2)11-15-9-7-13(3,14-4)8-10-15/h12,14H,5-11H2,1-4H3. The molecule has 1 atom stereocenters. The monoisotopic (exact) mass is 212 g/mol. The number of hydrogen-bond donors (Lipinski definition) is 1. The second-order valence-corrected chi connectivity index (χ2v) is 5.51. The summed E-state index contributed by atoms with van der Waals surface area (Å²) in [6.45, 7) is 10.9. The Bertz CT molecular complexity index is 171. The van der Waals surface area contributed by atoms with Crippen LogP contribution in [0, 0.1) is 5.92 Å². The average Bonchev–Trinajstić information content (AvgIpc) is 2.22. The van der Waals surface area contributed by atoms with Crippen molar-refractivity contribution in [1.82, 2.24) is 10.2 Å². The minimum absolute atomic E-state index is 0.393. The van der Waals surface area contributed by atoms with E-state index in [1.165, 1.54) is 45.3 Å². The number of nitrogens with one attached hydrogen (secondary N) is 1. The predicted molar refractivity (Wildman–Crippen MR) is 67.2 cm³/mol. The van der Waals surface area contributed by atoms with Gasteiger partial charge in [0.1, 0.15) is 0 Å². The van der Waals surface area contributed by atoms with Gasteiger partial charge in [0.15, 0.2) is 0 Å². The maximum absolute atomic E-state index is 3.45. The van der Waals surface area contributed by atoms with Gasteiger partial charge in [0, 0.05) is 12.1 Å². The van der Waals surface area contributed by atoms with E-state index in [0.717, 1.165) is 5.92 Å². The third kappa shape index (κ3) is 4.12. The maximum atomic E-state index is 3.45. The van der Waals surface area contributed by atoms with Crippen LogP contribution in [0.15, 0.2) is 0 Å². The first kappa shape index (κ1) is 13.0. The molecule has 1 saturated heterocycles. The number of nitrogens with zero attached hydrogens (tertiary/aromatic N) is 1. The lowest BCUT2D eigenvalue weighted by Crippen LogP contribution is -2.50. The molecule has 0 amide bonds. The number of rotatable bonds is 5. The van der Waals surface area contributed by atoms with Crippen LogP contribution in [0.25, 0.3) is 0 Å². The fourth-order valence-corrected chi connectivity index (χ4v) is 2.50. The Morgan fingerprint density at radius 2 is 1.93 bits per heavy atom. The van der Waals surface area contributed by atoms with Crippen LogP contribution in [0.1, 0.15) is 46.5 Å². The highest BCUT2D eigenvalue weighted by atomic mass is 15.1. The molecule has 1 aliphatic heterocycles. The van der Waals surface area contributed by atoms with Crippen molar-refractivity contribution in [2.75, 3.05) is 26.7 Å². The van der Waals surface area contributed by atoms with Crippen LogP contribution in [-0.2, 0) is 0 Å². The molecule has 1 N–H and O–H groups in total. The van der Waals surface area contributed by atoms with Gasteiger partial charge in [0.25, 0.3) is 0 Å². The highest BCUT2D eigenvalue weighted by Gasteiger charge is 2.28. The molecule has 90 valence electrons. The molecular weight excluding hydrogens is 184 g/mol. The van der Waals surface area contributed by atoms with Gasteiger partial charge in [-0.25, -0.2) is 0 Å². The van der Waals surface area contributed by atoms with Gasteiger partial charge in [0.05, 0.1) is 0 Å². The van der Waals surface area contributed by atoms with Gasteiger partial charge in [-0.3, -0.25) is 0 Å². The van der Waals surface area contributed by atoms with Crippen LogP contribution >= 0.6 is 0 Å². The number of likely N-dealkylation sites (tertiary alicyclic amines) is 1. The van der Waals surface area contributed by atoms with Crippen molar-refractivity contribution in [2.24, 2.45) is 5.92 Å². The molecule has 2 heteroatoms. The lowest BCUT2D eigenvalue weighted by molar-refractivity contribution is 0.135. The summed E-state index contributed by atoms with van der Waals surface area (Å²) < 4.78 is 0. The molecule has 1 unspecified atom stereocenters. The summed E-state index contributed by atoms with van der Waals surface area (Å²) in [4.78, 5) is 2.64. The lowest BCUT2D eigenvalue weighted by atomic mass is 9.89. The zero-order valence-corrected chi connectivity index (χ0v) is 11.0. The van der Waals surface area contributed by atoms with Gasteiger partial charge in [-0.05, 0) is 52.2 Å². The first-order valence-corrected chi connectivity index (χ1v) is 6.51. The molecule has 1 rings (SSSR count). The maximum Gasteiger partial charge on any atom is 0.0174 e. The van der Waals surface area contributed by atoms with E-state index in [1.54, 1.807) is 0 Å². The Kier molecular flexibility index (Phi) is 5.07. The molecule has 1 fully saturated rings. The third-order valence-corrected chi connectivity index (χ3v) is 3.91. The largest absolute Gasteiger partial charge is 0.314 e. The van der Waals surface area contributed by atoms with Crippen molar-refractivity contribution in [1.29, 1.82) is 0 Å². The lowest BCUT2D eigenvalue weighted by Gasteiger charge is -2.40. The van der Waals surface area contributed by atoms with Crippen LogP contribution in [0.2, 0.25) is 0 Å². The molecule has 0 spiro atoms. The summed E-state index contributed by atoms with van der Waals surface area (Å²) in [5.41, 5.74) is 0.393. The quantitative estimate of drug-likeness (QED) is 0.753. The van der Waals surface area contributed by atoms with Crippen molar-refractivity contribution in [3.63, 3.8) is 0 Å². The summed E-state index contributed by atoms with van der Waals surface area (Å²) in [7, 11) is 2.09. The van der Waals surface area contributed by atoms with Gasteiger partial charge in [-0.1, -0.05) is 20.3 Å². The fraction of sp³-hybridized carbons (Fsp3) is 1.00. The highest BCUT2D eigenvalue weighted by Crippen LogP contribution is 2.22. The average molecular weight is 212 g/mol. The van der Waals surface area contributed by atoms with E-state index >= 15 is 0 Å². The van der Waals surface area contributed by atoms with Crippen molar-refractivity contribution >= 4 is 0 Å². The summed E-state index contributed by atoms with van der Waals surface area (Å²) in [6.07, 6.45) is 5.29. The second kappa shape index (κ2) is 5.86. The molecule has 0 aliphatic carbocycles. The Balaban J connectivity index is 2.25. The molecule has 0 aromatic rings. The molecule has 1 aliphatic rings. The first-order chi connectivity index (χ1) is 7.09. The molecule has 2 nitrogen and oxygen atoms in total. The van der Waals surface area contributed by atoms with Crippen molar-refractivity contribution in [3.8, 4) is 0 Å². The van der Waals surface area contributed by atoms with Gasteiger partial charge >= 0.3 is 0 Å². The van der Waals surface area contributed by atoms with E-state index in [0.29, 0.717) is 5.54 Å². The van der Waals surface area contributed by atoms with Gasteiger partial charge in [0.2, 0.25) is 0 Å². The van der Waals surface area contributed by atoms with Crippen LogP contribution in [0.3, 0.4) is 0 Å². The third-order valence-electron chi connectivity index (χ3n) is 3.91. The Morgan fingerprint density at radius 3 is 2.40 bits per heavy atom. The van der Waals surface area contributed by atoms with Crippen molar-refractivity contribution in [2.45, 2.75) is 52.0 Å². The van der Waals surface area contributed by atoms with E-state index in [1.807, 2.05) is 0 Å². The zero-order valence-electron chi connectivity index (χ0n) is 11.0. The fourth-order valence-electron chi connectivity index (χ4n) is 2.50. The minimum atomic E-state index is 0.393. The van der Waals surface area contributed by atoms with Crippen LogP contribution < -0.4 is 5.32 Å². The van der Waals surface area contributed by atoms with E-state index in [9.17, 15) is 0 Å². The van der Waals surface area contributed by atoms with Crippen LogP contribution in [0.4, 0.5) is 0 Å². The smallest absolute Gasteiger partial charge is 0.0174 e. The highest BCUT2D eigenvalue weighted by molar-refractivity contribution is 4.88. The van der Waals surface area contributed by atoms with Gasteiger partial charge < -0.3 is 10.2 Å². The van der Waals surface area contributed by atoms with Crippen molar-refractivity contribution in [3.05, 3.63) is 0 Å². The Labute approximate surface area is 95.4 Å². The van der Waals surface area contributed by atoms with Crippen LogP contribution in [0.5, 0.6) is 0 Å². The molecule has 1 heterocycles. The SMILES string of the molecule is CCCC(C)CN1CCC(C)(NC)CC1. The Hall–Kier alpha value is -0.0800. The summed E-state index contributed by atoms with van der Waals surface area (Å²) in [5.74, 6) is 0.869. The topological polar surface area (TPSA) is 15.3 Å². The number of piperidine rings is 1. The zero-order chi connectivity index (χ0) is 11.3. The first-order valence-electron chi connectivity index (χ1n) is 6.51. The van der Waals surface area contributed by atoms with E-state index < -0.39 is 0 Å². The van der Waals surface area contributed by atoms with Crippen molar-refractivity contribution < 1.29 is 0 Å². The van der Waals surface area contributed by atoms with E-state index in [2.05, 4.69) is 38.0 Å². The van der Waals surface area contributed by atoms with Gasteiger partial charge in [-0.15, -0.1) is 0 Å². The van der Waals surface area contributed by atoms with E-state index in [-0.39, 0.29) is 0 Å². The molecule has 0 saturated carbocycles. The Morgan fingerprint density at radius 1 is 1.33 bits per heavy atom. The van der Waals surface area contributed by atoms with Crippen LogP contribution in [-0.4, -0.2) is 37.1 Å². The molecule has 0 bridgehead atoms. The molecule has 0 radical (unpaired) electrons. The van der Waals surface area contributed by atoms with Gasteiger partial charge in [-0.2, -0.15) is 0 Å². The number of hydrogen-bond acceptors (Lipinski definition) is 2.